The number of nitrogens with one attached hydrogen (secondary N) is 1. The Labute approximate surface area is 125 Å². The number of hydrogen-bond donors (Lipinski definition) is 1. The minimum atomic E-state index is 0.642. The van der Waals surface area contributed by atoms with Crippen LogP contribution in [-0.4, -0.2) is 16.5 Å². The molecule has 0 unspecified atom stereocenters. The molecule has 1 saturated carbocycles. The van der Waals surface area contributed by atoms with Gasteiger partial charge in [0.1, 0.15) is 5.82 Å². The van der Waals surface area contributed by atoms with Gasteiger partial charge in [0.25, 0.3) is 0 Å². The van der Waals surface area contributed by atoms with Crippen molar-refractivity contribution in [2.45, 2.75) is 32.6 Å². The number of aryl methyl sites for hydroxylation is 1. The van der Waals surface area contributed by atoms with Gasteiger partial charge in [-0.25, -0.2) is 9.97 Å². The zero-order chi connectivity index (χ0) is 13.4. The molecule has 0 saturated heterocycles. The van der Waals surface area contributed by atoms with Gasteiger partial charge in [0.05, 0.1) is 4.88 Å². The van der Waals surface area contributed by atoms with E-state index in [0.29, 0.717) is 5.92 Å². The van der Waals surface area contributed by atoms with Crippen LogP contribution in [0.1, 0.15) is 36.3 Å². The molecule has 0 atom stereocenters. The first-order valence-electron chi connectivity index (χ1n) is 6.56. The van der Waals surface area contributed by atoms with Gasteiger partial charge in [-0.05, 0) is 48.7 Å². The predicted molar refractivity (Wildman–Crippen MR) is 83.9 cm³/mol. The van der Waals surface area contributed by atoms with Crippen molar-refractivity contribution < 1.29 is 0 Å². The minimum absolute atomic E-state index is 0.642. The highest BCUT2D eigenvalue weighted by Crippen LogP contribution is 2.41. The van der Waals surface area contributed by atoms with Crippen molar-refractivity contribution in [3.8, 4) is 10.7 Å². The molecule has 0 spiro atoms. The third kappa shape index (κ3) is 2.82. The maximum absolute atomic E-state index is 4.74. The minimum Gasteiger partial charge on any atom is -0.370 e. The van der Waals surface area contributed by atoms with Crippen molar-refractivity contribution in [2.24, 2.45) is 0 Å². The molecule has 0 bridgehead atoms. The van der Waals surface area contributed by atoms with Gasteiger partial charge >= 0.3 is 0 Å². The normalized spacial score (nSPS) is 14.7. The average Bonchev–Trinajstić information content (AvgIpc) is 3.17. The molecule has 3 rings (SSSR count). The summed E-state index contributed by atoms with van der Waals surface area (Å²) in [5.41, 5.74) is 1.18. The summed E-state index contributed by atoms with van der Waals surface area (Å²) >= 11 is 5.30. The van der Waals surface area contributed by atoms with Crippen LogP contribution >= 0.6 is 27.3 Å². The van der Waals surface area contributed by atoms with Crippen molar-refractivity contribution in [1.82, 2.24) is 9.97 Å². The molecule has 1 aliphatic rings. The second-order valence-electron chi connectivity index (χ2n) is 4.82. The van der Waals surface area contributed by atoms with E-state index < -0.39 is 0 Å². The van der Waals surface area contributed by atoms with E-state index >= 15 is 0 Å². The summed E-state index contributed by atoms with van der Waals surface area (Å²) in [6, 6.07) is 4.21. The van der Waals surface area contributed by atoms with Crippen LogP contribution < -0.4 is 5.32 Å². The van der Waals surface area contributed by atoms with E-state index in [9.17, 15) is 0 Å². The predicted octanol–water partition coefficient (Wildman–Crippen LogP) is 4.59. The number of nitrogens with zero attached hydrogens (tertiary/aromatic N) is 2. The molecule has 0 aliphatic heterocycles. The monoisotopic (exact) mass is 337 g/mol. The van der Waals surface area contributed by atoms with Gasteiger partial charge in [0, 0.05) is 33.6 Å². The number of anilines is 1. The Hall–Kier alpha value is -0.940. The standard InChI is InChI=1S/C14H16BrN3S/c1-3-16-13-7-11(9-4-5-9)17-14(18-13)12-6-10(15)8(2)19-12/h6-7,9H,3-5H2,1-2H3,(H,16,17,18). The van der Waals surface area contributed by atoms with E-state index in [1.807, 2.05) is 0 Å². The fraction of sp³-hybridized carbons (Fsp3) is 0.429. The van der Waals surface area contributed by atoms with Gasteiger partial charge in [-0.1, -0.05) is 0 Å². The van der Waals surface area contributed by atoms with Crippen LogP contribution in [0.3, 0.4) is 0 Å². The lowest BCUT2D eigenvalue weighted by molar-refractivity contribution is 0.990. The topological polar surface area (TPSA) is 37.8 Å². The van der Waals surface area contributed by atoms with Crippen molar-refractivity contribution in [3.05, 3.63) is 27.2 Å². The number of aromatic nitrogens is 2. The average molecular weight is 338 g/mol. The van der Waals surface area contributed by atoms with Gasteiger partial charge < -0.3 is 5.32 Å². The summed E-state index contributed by atoms with van der Waals surface area (Å²) in [7, 11) is 0. The fourth-order valence-electron chi connectivity index (χ4n) is 2.01. The summed E-state index contributed by atoms with van der Waals surface area (Å²) in [6.45, 7) is 5.08. The molecule has 2 aromatic heterocycles. The molecule has 19 heavy (non-hydrogen) atoms. The van der Waals surface area contributed by atoms with Crippen LogP contribution in [-0.2, 0) is 0 Å². The first kappa shape index (κ1) is 13.1. The summed E-state index contributed by atoms with van der Waals surface area (Å²) in [5.74, 6) is 2.43. The second kappa shape index (κ2) is 5.21. The van der Waals surface area contributed by atoms with E-state index in [0.717, 1.165) is 27.5 Å². The lowest BCUT2D eigenvalue weighted by Crippen LogP contribution is -2.03. The van der Waals surface area contributed by atoms with Crippen LogP contribution in [0.4, 0.5) is 5.82 Å². The summed E-state index contributed by atoms with van der Waals surface area (Å²) in [4.78, 5) is 11.8. The molecule has 1 N–H and O–H groups in total. The Kier molecular flexibility index (Phi) is 3.58. The molecular weight excluding hydrogens is 322 g/mol. The molecule has 3 nitrogen and oxygen atoms in total. The second-order valence-corrected chi connectivity index (χ2v) is 6.93. The molecule has 1 aliphatic carbocycles. The molecule has 5 heteroatoms. The molecule has 1 fully saturated rings. The summed E-state index contributed by atoms with van der Waals surface area (Å²) in [6.07, 6.45) is 2.52. The van der Waals surface area contributed by atoms with Crippen LogP contribution in [0.5, 0.6) is 0 Å². The molecule has 0 radical (unpaired) electrons. The van der Waals surface area contributed by atoms with Crippen LogP contribution in [0.15, 0.2) is 16.6 Å². The van der Waals surface area contributed by atoms with Crippen LogP contribution in [0.2, 0.25) is 0 Å². The van der Waals surface area contributed by atoms with Crippen LogP contribution in [0, 0.1) is 6.92 Å². The highest BCUT2D eigenvalue weighted by atomic mass is 79.9. The largest absolute Gasteiger partial charge is 0.370 e. The zero-order valence-electron chi connectivity index (χ0n) is 11.0. The summed E-state index contributed by atoms with van der Waals surface area (Å²) < 4.78 is 1.14. The Balaban J connectivity index is 2.03. The fourth-order valence-corrected chi connectivity index (χ4v) is 3.48. The SMILES string of the molecule is CCNc1cc(C2CC2)nc(-c2cc(Br)c(C)s2)n1. The third-order valence-corrected chi connectivity index (χ3v) is 5.31. The lowest BCUT2D eigenvalue weighted by atomic mass is 10.2. The Morgan fingerprint density at radius 3 is 2.74 bits per heavy atom. The Morgan fingerprint density at radius 1 is 1.37 bits per heavy atom. The van der Waals surface area contributed by atoms with Crippen molar-refractivity contribution in [1.29, 1.82) is 0 Å². The van der Waals surface area contributed by atoms with E-state index in [-0.39, 0.29) is 0 Å². The van der Waals surface area contributed by atoms with Gasteiger partial charge in [-0.3, -0.25) is 0 Å². The van der Waals surface area contributed by atoms with Gasteiger partial charge in [-0.2, -0.15) is 0 Å². The molecule has 100 valence electrons. The number of hydrogen-bond acceptors (Lipinski definition) is 4. The highest BCUT2D eigenvalue weighted by Gasteiger charge is 2.26. The third-order valence-electron chi connectivity index (χ3n) is 3.18. The molecule has 2 aromatic rings. The lowest BCUT2D eigenvalue weighted by Gasteiger charge is -2.07. The Morgan fingerprint density at radius 2 is 2.16 bits per heavy atom. The number of thiophene rings is 1. The molecule has 0 amide bonds. The van der Waals surface area contributed by atoms with E-state index in [1.165, 1.54) is 23.4 Å². The van der Waals surface area contributed by atoms with Crippen molar-refractivity contribution in [2.75, 3.05) is 11.9 Å². The Bertz CT molecular complexity index is 585. The first-order valence-corrected chi connectivity index (χ1v) is 8.17. The van der Waals surface area contributed by atoms with E-state index in [1.54, 1.807) is 11.3 Å². The van der Waals surface area contributed by atoms with Crippen molar-refractivity contribution in [3.63, 3.8) is 0 Å². The quantitative estimate of drug-likeness (QED) is 0.886. The van der Waals surface area contributed by atoms with E-state index in [4.69, 9.17) is 4.98 Å². The van der Waals surface area contributed by atoms with Crippen molar-refractivity contribution >= 4 is 33.1 Å². The van der Waals surface area contributed by atoms with E-state index in [2.05, 4.69) is 52.2 Å². The maximum Gasteiger partial charge on any atom is 0.171 e. The smallest absolute Gasteiger partial charge is 0.171 e. The number of rotatable bonds is 4. The molecule has 2 heterocycles. The van der Waals surface area contributed by atoms with Gasteiger partial charge in [0.2, 0.25) is 0 Å². The molecule has 0 aromatic carbocycles. The zero-order valence-corrected chi connectivity index (χ0v) is 13.4. The van der Waals surface area contributed by atoms with Crippen LogP contribution in [0.25, 0.3) is 10.7 Å². The summed E-state index contributed by atoms with van der Waals surface area (Å²) in [5, 5.41) is 3.30. The first-order chi connectivity index (χ1) is 9.17. The number of halogens is 1. The highest BCUT2D eigenvalue weighted by molar-refractivity contribution is 9.10. The van der Waals surface area contributed by atoms with Gasteiger partial charge in [-0.15, -0.1) is 11.3 Å². The maximum atomic E-state index is 4.74. The molecular formula is C14H16BrN3S. The van der Waals surface area contributed by atoms with Gasteiger partial charge in [0.15, 0.2) is 5.82 Å².